The van der Waals surface area contributed by atoms with Gasteiger partial charge in [0.2, 0.25) is 0 Å². The average molecular weight is 207 g/mol. The van der Waals surface area contributed by atoms with E-state index in [-0.39, 0.29) is 0 Å². The van der Waals surface area contributed by atoms with Crippen molar-refractivity contribution in [2.45, 2.75) is 0 Å². The molecule has 0 amide bonds. The molecule has 3 heteroatoms. The lowest BCUT2D eigenvalue weighted by molar-refractivity contribution is -0.120. The maximum Gasteiger partial charge on any atom is 0.298 e. The van der Waals surface area contributed by atoms with Gasteiger partial charge in [-0.25, -0.2) is 0 Å². The van der Waals surface area contributed by atoms with Crippen LogP contribution in [-0.4, -0.2) is 6.47 Å². The minimum atomic E-state index is 0.389. The third-order valence-corrected chi connectivity index (χ3v) is 2.28. The number of carbonyl (C=O) groups is 1. The van der Waals surface area contributed by atoms with Crippen LogP contribution in [0, 0.1) is 0 Å². The first kappa shape index (κ1) is 9.03. The summed E-state index contributed by atoms with van der Waals surface area (Å²) in [6, 6.07) is 11.0. The van der Waals surface area contributed by atoms with Crippen LogP contribution in [0.4, 0.5) is 0 Å². The Morgan fingerprint density at radius 3 is 2.79 bits per heavy atom. The van der Waals surface area contributed by atoms with E-state index in [1.807, 2.05) is 24.3 Å². The van der Waals surface area contributed by atoms with Gasteiger partial charge in [-0.2, -0.15) is 0 Å². The number of ether oxygens (including phenoxy) is 1. The molecule has 2 rings (SSSR count). The van der Waals surface area contributed by atoms with Crippen LogP contribution in [0.2, 0.25) is 5.02 Å². The summed E-state index contributed by atoms with van der Waals surface area (Å²) in [7, 11) is 0. The van der Waals surface area contributed by atoms with Crippen LogP contribution in [0.5, 0.6) is 5.75 Å². The molecule has 0 aliphatic rings. The van der Waals surface area contributed by atoms with Crippen molar-refractivity contribution in [2.75, 3.05) is 0 Å². The fourth-order valence-electron chi connectivity index (χ4n) is 1.36. The average Bonchev–Trinajstić information content (AvgIpc) is 2.18. The highest BCUT2D eigenvalue weighted by Gasteiger charge is 2.01. The summed E-state index contributed by atoms with van der Waals surface area (Å²) in [5.74, 6) is 0.462. The van der Waals surface area contributed by atoms with Gasteiger partial charge in [0.25, 0.3) is 6.47 Å². The third kappa shape index (κ3) is 1.56. The number of rotatable bonds is 2. The number of hydrogen-bond donors (Lipinski definition) is 0. The Morgan fingerprint density at radius 2 is 2.00 bits per heavy atom. The van der Waals surface area contributed by atoms with Crippen LogP contribution >= 0.6 is 11.6 Å². The van der Waals surface area contributed by atoms with Crippen LogP contribution in [-0.2, 0) is 4.79 Å². The zero-order valence-corrected chi connectivity index (χ0v) is 7.99. The van der Waals surface area contributed by atoms with Gasteiger partial charge in [-0.15, -0.1) is 0 Å². The van der Waals surface area contributed by atoms with Gasteiger partial charge < -0.3 is 4.74 Å². The second-order valence-electron chi connectivity index (χ2n) is 2.84. The molecule has 0 unspecified atom stereocenters. The van der Waals surface area contributed by atoms with E-state index in [0.717, 1.165) is 10.8 Å². The summed E-state index contributed by atoms with van der Waals surface area (Å²) < 4.78 is 4.73. The van der Waals surface area contributed by atoms with E-state index in [4.69, 9.17) is 16.3 Å². The first-order chi connectivity index (χ1) is 6.81. The smallest absolute Gasteiger partial charge is 0.298 e. The lowest BCUT2D eigenvalue weighted by Crippen LogP contribution is -1.88. The van der Waals surface area contributed by atoms with Gasteiger partial charge in [-0.05, 0) is 11.5 Å². The van der Waals surface area contributed by atoms with Crippen LogP contribution < -0.4 is 4.74 Å². The van der Waals surface area contributed by atoms with Gasteiger partial charge in [-0.1, -0.05) is 35.9 Å². The molecule has 0 heterocycles. The molecular weight excluding hydrogens is 200 g/mol. The quantitative estimate of drug-likeness (QED) is 0.706. The van der Waals surface area contributed by atoms with Gasteiger partial charge in [0.1, 0.15) is 5.75 Å². The second-order valence-corrected chi connectivity index (χ2v) is 3.25. The molecular formula is C11H7ClO2. The Balaban J connectivity index is 2.65. The number of benzene rings is 2. The Kier molecular flexibility index (Phi) is 2.37. The van der Waals surface area contributed by atoms with E-state index in [0.29, 0.717) is 17.2 Å². The molecule has 0 fully saturated rings. The number of halogens is 1. The van der Waals surface area contributed by atoms with E-state index >= 15 is 0 Å². The molecule has 0 spiro atoms. The third-order valence-electron chi connectivity index (χ3n) is 1.97. The largest absolute Gasteiger partial charge is 0.429 e. The molecule has 2 nitrogen and oxygen atoms in total. The van der Waals surface area contributed by atoms with Crippen LogP contribution in [0.15, 0.2) is 36.4 Å². The highest BCUT2D eigenvalue weighted by Crippen LogP contribution is 2.28. The van der Waals surface area contributed by atoms with Crippen LogP contribution in [0.25, 0.3) is 10.8 Å². The van der Waals surface area contributed by atoms with Gasteiger partial charge in [0.05, 0.1) is 5.02 Å². The highest BCUT2D eigenvalue weighted by atomic mass is 35.5. The van der Waals surface area contributed by atoms with Crippen LogP contribution in [0.3, 0.4) is 0 Å². The predicted molar refractivity (Wildman–Crippen MR) is 55.7 cm³/mol. The lowest BCUT2D eigenvalue weighted by atomic mass is 10.1. The molecule has 0 aliphatic heterocycles. The molecule has 0 bridgehead atoms. The molecule has 0 N–H and O–H groups in total. The first-order valence-electron chi connectivity index (χ1n) is 4.10. The van der Waals surface area contributed by atoms with E-state index in [2.05, 4.69) is 0 Å². The molecule has 0 radical (unpaired) electrons. The molecule has 0 aromatic heterocycles. The van der Waals surface area contributed by atoms with Crippen LogP contribution in [0.1, 0.15) is 0 Å². The summed E-state index contributed by atoms with van der Waals surface area (Å²) in [6.45, 7) is 0.389. The second kappa shape index (κ2) is 3.68. The van der Waals surface area contributed by atoms with E-state index in [1.165, 1.54) is 0 Å². The number of hydrogen-bond acceptors (Lipinski definition) is 2. The zero-order chi connectivity index (χ0) is 9.97. The molecule has 2 aromatic carbocycles. The summed E-state index contributed by atoms with van der Waals surface area (Å²) in [5.41, 5.74) is 0. The van der Waals surface area contributed by atoms with Gasteiger partial charge >= 0.3 is 0 Å². The van der Waals surface area contributed by atoms with E-state index < -0.39 is 0 Å². The Labute approximate surface area is 86.1 Å². The monoisotopic (exact) mass is 206 g/mol. The molecule has 2 aromatic rings. The highest BCUT2D eigenvalue weighted by molar-refractivity contribution is 6.35. The molecule has 0 aliphatic carbocycles. The Hall–Kier alpha value is -1.54. The number of fused-ring (bicyclic) bond motifs is 1. The van der Waals surface area contributed by atoms with Crippen molar-refractivity contribution in [1.29, 1.82) is 0 Å². The van der Waals surface area contributed by atoms with Crippen molar-refractivity contribution in [3.8, 4) is 5.75 Å². The molecule has 14 heavy (non-hydrogen) atoms. The van der Waals surface area contributed by atoms with Crippen molar-refractivity contribution in [1.82, 2.24) is 0 Å². The number of carbonyl (C=O) groups excluding carboxylic acids is 1. The topological polar surface area (TPSA) is 26.3 Å². The Bertz CT molecular complexity index is 480. The summed E-state index contributed by atoms with van der Waals surface area (Å²) in [4.78, 5) is 10.2. The normalized spacial score (nSPS) is 10.1. The molecule has 0 atom stereocenters. The fourth-order valence-corrected chi connectivity index (χ4v) is 1.64. The summed E-state index contributed by atoms with van der Waals surface area (Å²) >= 11 is 6.00. The van der Waals surface area contributed by atoms with Crippen molar-refractivity contribution in [2.24, 2.45) is 0 Å². The van der Waals surface area contributed by atoms with Crippen molar-refractivity contribution in [3.63, 3.8) is 0 Å². The van der Waals surface area contributed by atoms with Gasteiger partial charge in [-0.3, -0.25) is 4.79 Å². The van der Waals surface area contributed by atoms with Crippen molar-refractivity contribution >= 4 is 28.8 Å². The SMILES string of the molecule is O=COc1cc(Cl)c2ccccc2c1. The van der Waals surface area contributed by atoms with E-state index in [1.54, 1.807) is 12.1 Å². The standard InChI is InChI=1S/C11H7ClO2/c12-11-6-9(14-7-13)5-8-3-1-2-4-10(8)11/h1-7H. The summed E-state index contributed by atoms with van der Waals surface area (Å²) in [6.07, 6.45) is 0. The molecule has 0 saturated carbocycles. The van der Waals surface area contributed by atoms with E-state index in [9.17, 15) is 4.79 Å². The summed E-state index contributed by atoms with van der Waals surface area (Å²) in [5, 5.41) is 2.49. The lowest BCUT2D eigenvalue weighted by Gasteiger charge is -2.03. The predicted octanol–water partition coefficient (Wildman–Crippen LogP) is 3.03. The fraction of sp³-hybridized carbons (Fsp3) is 0. The maximum absolute atomic E-state index is 10.2. The van der Waals surface area contributed by atoms with Gasteiger partial charge in [0, 0.05) is 11.5 Å². The maximum atomic E-state index is 10.2. The molecule has 70 valence electrons. The first-order valence-corrected chi connectivity index (χ1v) is 4.47. The Morgan fingerprint density at radius 1 is 1.21 bits per heavy atom. The molecule has 0 saturated heterocycles. The minimum absolute atomic E-state index is 0.389. The zero-order valence-electron chi connectivity index (χ0n) is 7.24. The van der Waals surface area contributed by atoms with Crippen molar-refractivity contribution in [3.05, 3.63) is 41.4 Å². The minimum Gasteiger partial charge on any atom is -0.429 e. The van der Waals surface area contributed by atoms with Gasteiger partial charge in [0.15, 0.2) is 0 Å². The van der Waals surface area contributed by atoms with Crippen molar-refractivity contribution < 1.29 is 9.53 Å².